The molecule has 150 valence electrons. The molecule has 0 radical (unpaired) electrons. The lowest BCUT2D eigenvalue weighted by Gasteiger charge is -2.20. The normalized spacial score (nSPS) is 16.3. The van der Waals surface area contributed by atoms with Gasteiger partial charge in [-0.05, 0) is 30.3 Å². The van der Waals surface area contributed by atoms with Gasteiger partial charge in [0, 0.05) is 24.6 Å². The number of methoxy groups -OCH3 is 2. The van der Waals surface area contributed by atoms with Crippen LogP contribution in [0.2, 0.25) is 5.02 Å². The van der Waals surface area contributed by atoms with Crippen molar-refractivity contribution in [2.24, 2.45) is 0 Å². The van der Waals surface area contributed by atoms with Crippen LogP contribution in [-0.4, -0.2) is 36.8 Å². The molecule has 3 aromatic rings. The molecule has 2 heterocycles. The first-order chi connectivity index (χ1) is 14.0. The van der Waals surface area contributed by atoms with Crippen molar-refractivity contribution in [3.05, 3.63) is 53.1 Å². The second-order valence-corrected chi connectivity index (χ2v) is 6.94. The number of anilines is 1. The number of amides is 1. The molecule has 0 saturated carbocycles. The highest BCUT2D eigenvalue weighted by Gasteiger charge is 2.36. The van der Waals surface area contributed by atoms with Crippen molar-refractivity contribution in [1.29, 1.82) is 0 Å². The Hall–Kier alpha value is -3.13. The third-order valence-electron chi connectivity index (χ3n) is 4.77. The van der Waals surface area contributed by atoms with Crippen LogP contribution in [0.15, 0.2) is 40.9 Å². The van der Waals surface area contributed by atoms with E-state index in [1.54, 1.807) is 43.4 Å². The molecule has 0 bridgehead atoms. The van der Waals surface area contributed by atoms with Crippen molar-refractivity contribution in [3.63, 3.8) is 0 Å². The van der Waals surface area contributed by atoms with E-state index in [0.29, 0.717) is 35.2 Å². The topological polar surface area (TPSA) is 77.7 Å². The first-order valence-electron chi connectivity index (χ1n) is 8.81. The van der Waals surface area contributed by atoms with Crippen LogP contribution in [0.5, 0.6) is 11.5 Å². The predicted molar refractivity (Wildman–Crippen MR) is 104 cm³/mol. The monoisotopic (exact) mass is 417 g/mol. The second kappa shape index (κ2) is 7.71. The number of halogens is 2. The van der Waals surface area contributed by atoms with E-state index < -0.39 is 5.82 Å². The largest absolute Gasteiger partial charge is 0.497 e. The average molecular weight is 418 g/mol. The molecule has 0 aliphatic carbocycles. The van der Waals surface area contributed by atoms with Crippen LogP contribution in [0.1, 0.15) is 18.2 Å². The van der Waals surface area contributed by atoms with Gasteiger partial charge in [0.1, 0.15) is 17.3 Å². The zero-order valence-corrected chi connectivity index (χ0v) is 16.4. The standard InChI is InChI=1S/C20H17ClFN3O4/c1-27-13-4-6-17(28-2)16(9-13)25-10-12(8-18(25)26)20-23-19(24-29-20)11-3-5-14(21)15(22)7-11/h3-7,9,12H,8,10H2,1-2H3. The zero-order valence-electron chi connectivity index (χ0n) is 15.7. The van der Waals surface area contributed by atoms with Crippen molar-refractivity contribution < 1.29 is 23.2 Å². The first kappa shape index (κ1) is 19.2. The van der Waals surface area contributed by atoms with Crippen LogP contribution < -0.4 is 14.4 Å². The molecule has 1 amide bonds. The maximum Gasteiger partial charge on any atom is 0.232 e. The summed E-state index contributed by atoms with van der Waals surface area (Å²) in [7, 11) is 3.10. The summed E-state index contributed by atoms with van der Waals surface area (Å²) in [6.07, 6.45) is 0.205. The number of aromatic nitrogens is 2. The quantitative estimate of drug-likeness (QED) is 0.622. The molecule has 1 aliphatic heterocycles. The molecule has 29 heavy (non-hydrogen) atoms. The molecule has 4 rings (SSSR count). The van der Waals surface area contributed by atoms with Gasteiger partial charge in [0.05, 0.1) is 30.8 Å². The number of benzene rings is 2. The number of rotatable bonds is 5. The van der Waals surface area contributed by atoms with Gasteiger partial charge in [0.25, 0.3) is 0 Å². The Balaban J connectivity index is 1.59. The van der Waals surface area contributed by atoms with Crippen LogP contribution in [0.3, 0.4) is 0 Å². The predicted octanol–water partition coefficient (Wildman–Crippen LogP) is 4.07. The highest BCUT2D eigenvalue weighted by Crippen LogP contribution is 2.38. The van der Waals surface area contributed by atoms with Crippen molar-refractivity contribution in [2.45, 2.75) is 12.3 Å². The van der Waals surface area contributed by atoms with Crippen LogP contribution in [-0.2, 0) is 4.79 Å². The molecule has 7 nitrogen and oxygen atoms in total. The van der Waals surface area contributed by atoms with E-state index in [-0.39, 0.29) is 29.1 Å². The second-order valence-electron chi connectivity index (χ2n) is 6.53. The Labute approximate surface area is 171 Å². The minimum Gasteiger partial charge on any atom is -0.497 e. The number of hydrogen-bond donors (Lipinski definition) is 0. The average Bonchev–Trinajstić information content (AvgIpc) is 3.36. The Morgan fingerprint density at radius 3 is 2.76 bits per heavy atom. The van der Waals surface area contributed by atoms with Crippen LogP contribution in [0, 0.1) is 5.82 Å². The summed E-state index contributed by atoms with van der Waals surface area (Å²) in [6.45, 7) is 0.346. The van der Waals surface area contributed by atoms with Crippen molar-refractivity contribution in [2.75, 3.05) is 25.7 Å². The lowest BCUT2D eigenvalue weighted by atomic mass is 10.1. The van der Waals surface area contributed by atoms with Gasteiger partial charge in [-0.15, -0.1) is 0 Å². The van der Waals surface area contributed by atoms with E-state index in [0.717, 1.165) is 0 Å². The van der Waals surface area contributed by atoms with Crippen molar-refractivity contribution in [1.82, 2.24) is 10.1 Å². The summed E-state index contributed by atoms with van der Waals surface area (Å²) in [6, 6.07) is 9.52. The van der Waals surface area contributed by atoms with Crippen molar-refractivity contribution >= 4 is 23.2 Å². The van der Waals surface area contributed by atoms with Gasteiger partial charge in [-0.1, -0.05) is 16.8 Å². The van der Waals surface area contributed by atoms with E-state index in [9.17, 15) is 9.18 Å². The molecule has 0 spiro atoms. The number of hydrogen-bond acceptors (Lipinski definition) is 6. The van der Waals surface area contributed by atoms with E-state index in [1.165, 1.54) is 12.1 Å². The molecule has 1 fully saturated rings. The minimum absolute atomic E-state index is 0.0155. The van der Waals surface area contributed by atoms with Gasteiger partial charge in [-0.2, -0.15) is 4.98 Å². The third-order valence-corrected chi connectivity index (χ3v) is 5.08. The Morgan fingerprint density at radius 1 is 1.21 bits per heavy atom. The number of ether oxygens (including phenoxy) is 2. The third kappa shape index (κ3) is 3.63. The van der Waals surface area contributed by atoms with E-state index in [2.05, 4.69) is 10.1 Å². The number of nitrogens with zero attached hydrogens (tertiary/aromatic N) is 3. The zero-order chi connectivity index (χ0) is 20.5. The smallest absolute Gasteiger partial charge is 0.232 e. The van der Waals surface area contributed by atoms with Gasteiger partial charge in [-0.3, -0.25) is 4.79 Å². The molecular formula is C20H17ClFN3O4. The lowest BCUT2D eigenvalue weighted by molar-refractivity contribution is -0.117. The van der Waals surface area contributed by atoms with Gasteiger partial charge >= 0.3 is 0 Å². The molecular weight excluding hydrogens is 401 g/mol. The summed E-state index contributed by atoms with van der Waals surface area (Å²) in [5, 5.41) is 3.93. The Kier molecular flexibility index (Phi) is 5.10. The maximum atomic E-state index is 13.7. The van der Waals surface area contributed by atoms with E-state index in [4.69, 9.17) is 25.6 Å². The summed E-state index contributed by atoms with van der Waals surface area (Å²) < 4.78 is 29.7. The first-order valence-corrected chi connectivity index (χ1v) is 9.19. The van der Waals surface area contributed by atoms with Gasteiger partial charge in [0.2, 0.25) is 17.6 Å². The van der Waals surface area contributed by atoms with E-state index in [1.807, 2.05) is 0 Å². The molecule has 1 atom stereocenters. The molecule has 1 aliphatic rings. The molecule has 9 heteroatoms. The highest BCUT2D eigenvalue weighted by molar-refractivity contribution is 6.30. The molecule has 1 saturated heterocycles. The number of carbonyl (C=O) groups is 1. The molecule has 0 N–H and O–H groups in total. The Morgan fingerprint density at radius 2 is 2.03 bits per heavy atom. The fourth-order valence-corrected chi connectivity index (χ4v) is 3.38. The van der Waals surface area contributed by atoms with E-state index >= 15 is 0 Å². The fourth-order valence-electron chi connectivity index (χ4n) is 3.27. The van der Waals surface area contributed by atoms with Crippen LogP contribution >= 0.6 is 11.6 Å². The number of carbonyl (C=O) groups excluding carboxylic acids is 1. The highest BCUT2D eigenvalue weighted by atomic mass is 35.5. The van der Waals surface area contributed by atoms with Crippen molar-refractivity contribution in [3.8, 4) is 22.9 Å². The minimum atomic E-state index is -0.567. The lowest BCUT2D eigenvalue weighted by Crippen LogP contribution is -2.24. The van der Waals surface area contributed by atoms with Crippen LogP contribution in [0.4, 0.5) is 10.1 Å². The Bertz CT molecular complexity index is 1070. The summed E-state index contributed by atoms with van der Waals surface area (Å²) in [5.41, 5.74) is 1.05. The maximum absolute atomic E-state index is 13.7. The van der Waals surface area contributed by atoms with Gasteiger partial charge < -0.3 is 18.9 Å². The molecule has 2 aromatic carbocycles. The molecule has 1 aromatic heterocycles. The van der Waals surface area contributed by atoms with Gasteiger partial charge in [-0.25, -0.2) is 4.39 Å². The molecule has 1 unspecified atom stereocenters. The summed E-state index contributed by atoms with van der Waals surface area (Å²) in [5.74, 6) is 0.761. The summed E-state index contributed by atoms with van der Waals surface area (Å²) in [4.78, 5) is 18.6. The van der Waals surface area contributed by atoms with Crippen LogP contribution in [0.25, 0.3) is 11.4 Å². The fraction of sp³-hybridized carbons (Fsp3) is 0.250. The summed E-state index contributed by atoms with van der Waals surface area (Å²) >= 11 is 5.71. The van der Waals surface area contributed by atoms with Gasteiger partial charge in [0.15, 0.2) is 0 Å². The SMILES string of the molecule is COc1ccc(OC)c(N2CC(c3nc(-c4ccc(Cl)c(F)c4)no3)CC2=O)c1.